The number of nitrogens with one attached hydrogen (secondary N) is 2. The van der Waals surface area contributed by atoms with Crippen LogP contribution >= 0.6 is 11.3 Å². The van der Waals surface area contributed by atoms with E-state index in [2.05, 4.69) is 10.3 Å². The monoisotopic (exact) mass is 340 g/mol. The molecule has 0 aliphatic carbocycles. The zero-order chi connectivity index (χ0) is 15.9. The first kappa shape index (κ1) is 15.2. The summed E-state index contributed by atoms with van der Waals surface area (Å²) in [5.41, 5.74) is 1.10. The van der Waals surface area contributed by atoms with Crippen LogP contribution in [-0.2, 0) is 10.8 Å². The highest BCUT2D eigenvalue weighted by Gasteiger charge is 2.23. The molecule has 0 atom stereocenters. The van der Waals surface area contributed by atoms with Gasteiger partial charge in [-0.2, -0.15) is 0 Å². The van der Waals surface area contributed by atoms with Gasteiger partial charge in [-0.05, 0) is 25.8 Å². The molecule has 8 heteroatoms. The van der Waals surface area contributed by atoms with Crippen molar-refractivity contribution < 1.29 is 18.9 Å². The maximum absolute atomic E-state index is 12.3. The summed E-state index contributed by atoms with van der Waals surface area (Å²) in [6, 6.07) is 1.72. The molecule has 1 fully saturated rings. The number of hydrogen-bond donors (Lipinski definition) is 3. The van der Waals surface area contributed by atoms with Crippen molar-refractivity contribution in [2.75, 3.05) is 11.5 Å². The van der Waals surface area contributed by atoms with Crippen molar-refractivity contribution in [3.63, 3.8) is 0 Å². The second-order valence-corrected chi connectivity index (χ2v) is 8.31. The number of thiophene rings is 1. The van der Waals surface area contributed by atoms with Crippen LogP contribution in [0.4, 0.5) is 0 Å². The van der Waals surface area contributed by atoms with Gasteiger partial charge in [-0.3, -0.25) is 9.00 Å². The number of carboxylic acids is 1. The van der Waals surface area contributed by atoms with Gasteiger partial charge in [-0.1, -0.05) is 0 Å². The lowest BCUT2D eigenvalue weighted by Crippen LogP contribution is -2.39. The van der Waals surface area contributed by atoms with Crippen LogP contribution in [0.5, 0.6) is 0 Å². The Bertz CT molecular complexity index is 767. The van der Waals surface area contributed by atoms with E-state index in [1.165, 1.54) is 11.3 Å². The summed E-state index contributed by atoms with van der Waals surface area (Å²) in [6.45, 7) is 1.75. The highest BCUT2D eigenvalue weighted by Crippen LogP contribution is 2.31. The first-order valence-electron chi connectivity index (χ1n) is 6.97. The normalized spacial score (nSPS) is 21.9. The number of carboxylic acid groups (broad SMARTS) is 1. The van der Waals surface area contributed by atoms with Gasteiger partial charge in [0.2, 0.25) is 0 Å². The number of amides is 1. The number of rotatable bonds is 3. The van der Waals surface area contributed by atoms with Crippen LogP contribution in [0.25, 0.3) is 10.2 Å². The van der Waals surface area contributed by atoms with Crippen LogP contribution in [0.3, 0.4) is 0 Å². The Morgan fingerprint density at radius 3 is 2.73 bits per heavy atom. The third-order valence-electron chi connectivity index (χ3n) is 3.83. The molecule has 3 heterocycles. The number of hydrogen-bond acceptors (Lipinski definition) is 4. The molecule has 6 nitrogen and oxygen atoms in total. The summed E-state index contributed by atoms with van der Waals surface area (Å²) in [6.07, 6.45) is 1.43. The van der Waals surface area contributed by atoms with Crippen molar-refractivity contribution in [3.05, 3.63) is 22.2 Å². The molecule has 0 radical (unpaired) electrons. The van der Waals surface area contributed by atoms with Crippen molar-refractivity contribution in [3.8, 4) is 0 Å². The fraction of sp³-hybridized carbons (Fsp3) is 0.429. The lowest BCUT2D eigenvalue weighted by Gasteiger charge is -2.22. The second kappa shape index (κ2) is 5.85. The molecule has 2 aromatic heterocycles. The number of aromatic nitrogens is 1. The van der Waals surface area contributed by atoms with Crippen LogP contribution < -0.4 is 5.32 Å². The van der Waals surface area contributed by atoms with E-state index in [4.69, 9.17) is 0 Å². The smallest absolute Gasteiger partial charge is 0.338 e. The minimum Gasteiger partial charge on any atom is -0.478 e. The predicted octanol–water partition coefficient (Wildman–Crippen LogP) is 1.88. The summed E-state index contributed by atoms with van der Waals surface area (Å²) in [5.74, 6) is 0.00245. The summed E-state index contributed by atoms with van der Waals surface area (Å²) < 4.78 is 12.1. The number of H-pyrrole nitrogens is 1. The number of aromatic carboxylic acids is 1. The molecule has 3 N–H and O–H groups in total. The van der Waals surface area contributed by atoms with Crippen LogP contribution in [0.1, 0.15) is 38.6 Å². The number of carbonyl (C=O) groups is 2. The lowest BCUT2D eigenvalue weighted by atomic mass is 10.1. The molecule has 0 bridgehead atoms. The standard InChI is InChI=1S/C14H16N2O4S2/c1-7-11(14(18)19)12-10(21-7)6-9(16-12)13(17)15-8-2-4-22(20)5-3-8/h6,8,16H,2-5H2,1H3,(H,15,17)(H,18,19). The molecule has 118 valence electrons. The van der Waals surface area contributed by atoms with E-state index in [1.54, 1.807) is 13.0 Å². The van der Waals surface area contributed by atoms with E-state index >= 15 is 0 Å². The summed E-state index contributed by atoms with van der Waals surface area (Å²) in [7, 11) is -0.760. The van der Waals surface area contributed by atoms with Gasteiger partial charge in [0.05, 0.1) is 15.8 Å². The van der Waals surface area contributed by atoms with Crippen LogP contribution in [0.15, 0.2) is 6.07 Å². The molecule has 2 aromatic rings. The van der Waals surface area contributed by atoms with Gasteiger partial charge in [-0.25, -0.2) is 4.79 Å². The minimum absolute atomic E-state index is 0.0345. The van der Waals surface area contributed by atoms with Crippen LogP contribution in [0, 0.1) is 6.92 Å². The van der Waals surface area contributed by atoms with Gasteiger partial charge in [0.1, 0.15) is 5.69 Å². The molecule has 1 amide bonds. The SMILES string of the molecule is Cc1sc2cc(C(=O)NC3CCS(=O)CC3)[nH]c2c1C(=O)O. The average Bonchev–Trinajstić information content (AvgIpc) is 2.97. The molecular formula is C14H16N2O4S2. The highest BCUT2D eigenvalue weighted by atomic mass is 32.2. The molecule has 3 rings (SSSR count). The van der Waals surface area contributed by atoms with Crippen molar-refractivity contribution in [2.24, 2.45) is 0 Å². The molecule has 0 spiro atoms. The quantitative estimate of drug-likeness (QED) is 0.794. The van der Waals surface area contributed by atoms with Crippen molar-refractivity contribution in [1.82, 2.24) is 10.3 Å². The molecule has 1 saturated heterocycles. The fourth-order valence-corrected chi connectivity index (χ4v) is 5.03. The number of aryl methyl sites for hydroxylation is 1. The molecule has 0 saturated carbocycles. The third kappa shape index (κ3) is 2.80. The Morgan fingerprint density at radius 2 is 2.09 bits per heavy atom. The molecule has 0 unspecified atom stereocenters. The Morgan fingerprint density at radius 1 is 1.41 bits per heavy atom. The molecular weight excluding hydrogens is 324 g/mol. The first-order chi connectivity index (χ1) is 10.5. The first-order valence-corrected chi connectivity index (χ1v) is 9.27. The van der Waals surface area contributed by atoms with Gasteiger partial charge >= 0.3 is 5.97 Å². The Labute approximate surface area is 133 Å². The minimum atomic E-state index is -0.993. The van der Waals surface area contributed by atoms with Gasteiger partial charge in [-0.15, -0.1) is 11.3 Å². The Hall–Kier alpha value is -1.67. The maximum atomic E-state index is 12.3. The lowest BCUT2D eigenvalue weighted by molar-refractivity contribution is 0.0698. The summed E-state index contributed by atoms with van der Waals surface area (Å²) in [5, 5.41) is 12.2. The van der Waals surface area contributed by atoms with E-state index in [9.17, 15) is 18.9 Å². The zero-order valence-electron chi connectivity index (χ0n) is 12.0. The molecule has 1 aliphatic heterocycles. The summed E-state index contributed by atoms with van der Waals surface area (Å²) >= 11 is 1.36. The van der Waals surface area contributed by atoms with E-state index in [0.717, 1.165) is 9.58 Å². The fourth-order valence-electron chi connectivity index (χ4n) is 2.67. The summed E-state index contributed by atoms with van der Waals surface area (Å²) in [4.78, 5) is 27.2. The molecule has 1 aliphatic rings. The van der Waals surface area contributed by atoms with Crippen molar-refractivity contribution >= 4 is 44.2 Å². The Kier molecular flexibility index (Phi) is 4.05. The molecule has 22 heavy (non-hydrogen) atoms. The van der Waals surface area contributed by atoms with E-state index < -0.39 is 16.8 Å². The van der Waals surface area contributed by atoms with Gasteiger partial charge in [0, 0.05) is 33.2 Å². The Balaban J connectivity index is 1.80. The largest absolute Gasteiger partial charge is 0.478 e. The third-order valence-corrected chi connectivity index (χ3v) is 6.26. The van der Waals surface area contributed by atoms with Gasteiger partial charge in [0.25, 0.3) is 5.91 Å². The second-order valence-electron chi connectivity index (χ2n) is 5.36. The van der Waals surface area contributed by atoms with Crippen LogP contribution in [0.2, 0.25) is 0 Å². The number of carbonyl (C=O) groups excluding carboxylic acids is 1. The highest BCUT2D eigenvalue weighted by molar-refractivity contribution is 7.85. The van der Waals surface area contributed by atoms with Crippen molar-refractivity contribution in [1.29, 1.82) is 0 Å². The number of aromatic amines is 1. The van der Waals surface area contributed by atoms with E-state index in [1.807, 2.05) is 0 Å². The zero-order valence-corrected chi connectivity index (χ0v) is 13.6. The van der Waals surface area contributed by atoms with Crippen molar-refractivity contribution in [2.45, 2.75) is 25.8 Å². The van der Waals surface area contributed by atoms with E-state index in [0.29, 0.717) is 35.6 Å². The van der Waals surface area contributed by atoms with Gasteiger partial charge in [0.15, 0.2) is 0 Å². The average molecular weight is 340 g/mol. The van der Waals surface area contributed by atoms with Crippen LogP contribution in [-0.4, -0.2) is 43.7 Å². The predicted molar refractivity (Wildman–Crippen MR) is 86.2 cm³/mol. The van der Waals surface area contributed by atoms with Gasteiger partial charge < -0.3 is 15.4 Å². The van der Waals surface area contributed by atoms with E-state index in [-0.39, 0.29) is 17.5 Å². The topological polar surface area (TPSA) is 99.3 Å². The molecule has 0 aromatic carbocycles. The maximum Gasteiger partial charge on any atom is 0.338 e. The number of fused-ring (bicyclic) bond motifs is 1.